The van der Waals surface area contributed by atoms with Crippen molar-refractivity contribution in [2.45, 2.75) is 63.9 Å². The fraction of sp³-hybridized carbons (Fsp3) is 0.600. The highest BCUT2D eigenvalue weighted by Gasteiger charge is 2.51. The second-order valence-corrected chi connectivity index (χ2v) is 8.13. The second-order valence-electron chi connectivity index (χ2n) is 8.13. The number of ether oxygens (including phenoxy) is 2. The number of piperazine rings is 1. The number of fused-ring (bicyclic) bond motifs is 2. The lowest BCUT2D eigenvalue weighted by atomic mass is 10.0. The first kappa shape index (κ1) is 19.5. The molecule has 2 aliphatic heterocycles. The number of aliphatic hydroxyl groups is 1. The van der Waals surface area contributed by atoms with Gasteiger partial charge in [-0.25, -0.2) is 9.59 Å². The lowest BCUT2D eigenvalue weighted by Crippen LogP contribution is -2.64. The largest absolute Gasteiger partial charge is 0.445 e. The minimum atomic E-state index is -0.586. The monoisotopic (exact) mass is 376 g/mol. The number of aliphatic hydroxyl groups excluding tert-OH is 1. The average molecular weight is 376 g/mol. The first-order chi connectivity index (χ1) is 12.8. The van der Waals surface area contributed by atoms with E-state index in [4.69, 9.17) is 9.47 Å². The number of hydrogen-bond donors (Lipinski definition) is 1. The quantitative estimate of drug-likeness (QED) is 0.877. The summed E-state index contributed by atoms with van der Waals surface area (Å²) in [6.07, 6.45) is 0.671. The minimum absolute atomic E-state index is 0.114. The van der Waals surface area contributed by atoms with Crippen LogP contribution in [0, 0.1) is 0 Å². The van der Waals surface area contributed by atoms with Gasteiger partial charge in [0.15, 0.2) is 0 Å². The van der Waals surface area contributed by atoms with Crippen LogP contribution in [0.4, 0.5) is 9.59 Å². The number of hydrogen-bond acceptors (Lipinski definition) is 5. The third-order valence-electron chi connectivity index (χ3n) is 5.03. The number of carbonyl (C=O) groups is 2. The van der Waals surface area contributed by atoms with Crippen LogP contribution in [-0.2, 0) is 16.1 Å². The molecule has 2 bridgehead atoms. The van der Waals surface area contributed by atoms with Gasteiger partial charge < -0.3 is 14.6 Å². The van der Waals surface area contributed by atoms with Gasteiger partial charge in [-0.1, -0.05) is 30.3 Å². The van der Waals surface area contributed by atoms with Gasteiger partial charge in [-0.3, -0.25) is 9.80 Å². The van der Waals surface area contributed by atoms with Crippen molar-refractivity contribution in [3.8, 4) is 0 Å². The molecule has 2 saturated heterocycles. The standard InChI is InChI=1S/C20H28N2O5/c1-20(2,3)27-19(25)22-15-9-10-16(22)17(12-23)21(11-15)18(24)26-13-14-7-5-4-6-8-14/h4-8,15-17,23H,9-13H2,1-3H3/t15-,16+,17+/m0/s1. The summed E-state index contributed by atoms with van der Waals surface area (Å²) >= 11 is 0. The van der Waals surface area contributed by atoms with Crippen LogP contribution in [0.5, 0.6) is 0 Å². The molecule has 148 valence electrons. The van der Waals surface area contributed by atoms with E-state index in [0.717, 1.165) is 18.4 Å². The van der Waals surface area contributed by atoms with E-state index in [9.17, 15) is 14.7 Å². The number of nitrogens with zero attached hydrogens (tertiary/aromatic N) is 2. The Labute approximate surface area is 159 Å². The summed E-state index contributed by atoms with van der Waals surface area (Å²) in [5.41, 5.74) is 0.318. The second kappa shape index (κ2) is 7.76. The van der Waals surface area contributed by atoms with Crippen molar-refractivity contribution in [1.29, 1.82) is 0 Å². The molecule has 7 nitrogen and oxygen atoms in total. The maximum atomic E-state index is 12.6. The summed E-state index contributed by atoms with van der Waals surface area (Å²) in [4.78, 5) is 28.5. The van der Waals surface area contributed by atoms with Gasteiger partial charge in [-0.05, 0) is 39.2 Å². The molecule has 1 N–H and O–H groups in total. The highest BCUT2D eigenvalue weighted by Crippen LogP contribution is 2.35. The first-order valence-corrected chi connectivity index (χ1v) is 9.39. The highest BCUT2D eigenvalue weighted by molar-refractivity contribution is 5.72. The Morgan fingerprint density at radius 1 is 1.15 bits per heavy atom. The van der Waals surface area contributed by atoms with Gasteiger partial charge in [-0.15, -0.1) is 0 Å². The van der Waals surface area contributed by atoms with Crippen molar-refractivity contribution < 1.29 is 24.2 Å². The fourth-order valence-corrected chi connectivity index (χ4v) is 3.87. The van der Waals surface area contributed by atoms with Crippen LogP contribution < -0.4 is 0 Å². The lowest BCUT2D eigenvalue weighted by molar-refractivity contribution is -0.0327. The van der Waals surface area contributed by atoms with E-state index in [0.29, 0.717) is 6.54 Å². The molecule has 1 aromatic carbocycles. The molecular formula is C20H28N2O5. The summed E-state index contributed by atoms with van der Waals surface area (Å²) in [6.45, 7) is 5.78. The smallest absolute Gasteiger partial charge is 0.410 e. The van der Waals surface area contributed by atoms with Gasteiger partial charge in [-0.2, -0.15) is 0 Å². The van der Waals surface area contributed by atoms with Crippen molar-refractivity contribution in [3.63, 3.8) is 0 Å². The highest BCUT2D eigenvalue weighted by atomic mass is 16.6. The third kappa shape index (κ3) is 4.35. The average Bonchev–Trinajstić information content (AvgIpc) is 2.94. The number of amides is 2. The van der Waals surface area contributed by atoms with Crippen LogP contribution >= 0.6 is 0 Å². The van der Waals surface area contributed by atoms with Crippen molar-refractivity contribution in [3.05, 3.63) is 35.9 Å². The molecular weight excluding hydrogens is 348 g/mol. The molecule has 2 fully saturated rings. The van der Waals surface area contributed by atoms with Crippen LogP contribution in [0.1, 0.15) is 39.2 Å². The molecule has 1 aromatic rings. The Morgan fingerprint density at radius 2 is 1.85 bits per heavy atom. The first-order valence-electron chi connectivity index (χ1n) is 9.39. The van der Waals surface area contributed by atoms with Gasteiger partial charge in [0, 0.05) is 6.54 Å². The maximum absolute atomic E-state index is 12.6. The van der Waals surface area contributed by atoms with Crippen LogP contribution in [0.2, 0.25) is 0 Å². The van der Waals surface area contributed by atoms with Crippen molar-refractivity contribution in [2.24, 2.45) is 0 Å². The molecule has 3 atom stereocenters. The Hall–Kier alpha value is -2.28. The normalized spacial score (nSPS) is 24.7. The van der Waals surface area contributed by atoms with Gasteiger partial charge in [0.25, 0.3) is 0 Å². The van der Waals surface area contributed by atoms with Crippen LogP contribution in [0.15, 0.2) is 30.3 Å². The molecule has 3 rings (SSSR count). The zero-order valence-corrected chi connectivity index (χ0v) is 16.1. The molecule has 2 heterocycles. The molecule has 0 saturated carbocycles. The predicted octanol–water partition coefficient (Wildman–Crippen LogP) is 2.77. The van der Waals surface area contributed by atoms with E-state index >= 15 is 0 Å². The summed E-state index contributed by atoms with van der Waals surface area (Å²) in [5.74, 6) is 0. The summed E-state index contributed by atoms with van der Waals surface area (Å²) < 4.78 is 11.0. The molecule has 2 amide bonds. The molecule has 2 aliphatic rings. The number of rotatable bonds is 3. The molecule has 0 aromatic heterocycles. The van der Waals surface area contributed by atoms with E-state index in [1.807, 2.05) is 51.1 Å². The fourth-order valence-electron chi connectivity index (χ4n) is 3.87. The van der Waals surface area contributed by atoms with Crippen molar-refractivity contribution in [2.75, 3.05) is 13.2 Å². The Balaban J connectivity index is 1.67. The van der Waals surface area contributed by atoms with Crippen LogP contribution in [0.25, 0.3) is 0 Å². The zero-order chi connectivity index (χ0) is 19.6. The van der Waals surface area contributed by atoms with Crippen molar-refractivity contribution in [1.82, 2.24) is 9.80 Å². The minimum Gasteiger partial charge on any atom is -0.445 e. The summed E-state index contributed by atoms with van der Waals surface area (Å²) in [5, 5.41) is 9.92. The van der Waals surface area contributed by atoms with E-state index in [2.05, 4.69) is 0 Å². The predicted molar refractivity (Wildman–Crippen MR) is 99.1 cm³/mol. The molecule has 27 heavy (non-hydrogen) atoms. The number of benzene rings is 1. The Morgan fingerprint density at radius 3 is 2.48 bits per heavy atom. The Bertz CT molecular complexity index is 673. The molecule has 0 aliphatic carbocycles. The van der Waals surface area contributed by atoms with Gasteiger partial charge in [0.1, 0.15) is 12.2 Å². The lowest BCUT2D eigenvalue weighted by Gasteiger charge is -2.45. The van der Waals surface area contributed by atoms with Gasteiger partial charge in [0.2, 0.25) is 0 Å². The number of likely N-dealkylation sites (tertiary alicyclic amines) is 1. The van der Waals surface area contributed by atoms with E-state index in [1.54, 1.807) is 9.80 Å². The summed E-state index contributed by atoms with van der Waals surface area (Å²) in [7, 11) is 0. The molecule has 0 spiro atoms. The zero-order valence-electron chi connectivity index (χ0n) is 16.1. The summed E-state index contributed by atoms with van der Waals surface area (Å²) in [6, 6.07) is 8.60. The molecule has 7 heteroatoms. The molecule has 0 radical (unpaired) electrons. The van der Waals surface area contributed by atoms with Gasteiger partial charge in [0.05, 0.1) is 24.7 Å². The van der Waals surface area contributed by atoms with Gasteiger partial charge >= 0.3 is 12.2 Å². The molecule has 0 unspecified atom stereocenters. The van der Waals surface area contributed by atoms with Crippen LogP contribution in [0.3, 0.4) is 0 Å². The topological polar surface area (TPSA) is 79.3 Å². The van der Waals surface area contributed by atoms with E-state index in [1.165, 1.54) is 0 Å². The number of carbonyl (C=O) groups excluding carboxylic acids is 2. The van der Waals surface area contributed by atoms with E-state index < -0.39 is 17.7 Å². The SMILES string of the molecule is CC(C)(C)OC(=O)N1[C@H]2CC[C@@H]1[C@@H](CO)N(C(=O)OCc1ccccc1)C2. The van der Waals surface area contributed by atoms with E-state index in [-0.39, 0.29) is 31.4 Å². The third-order valence-corrected chi connectivity index (χ3v) is 5.03. The maximum Gasteiger partial charge on any atom is 0.410 e. The van der Waals surface area contributed by atoms with Crippen LogP contribution in [-0.4, -0.2) is 64.0 Å². The Kier molecular flexibility index (Phi) is 5.60. The van der Waals surface area contributed by atoms with Crippen molar-refractivity contribution >= 4 is 12.2 Å².